The van der Waals surface area contributed by atoms with Gasteiger partial charge in [-0.2, -0.15) is 0 Å². The molecule has 23 heavy (non-hydrogen) atoms. The average molecular weight is 316 g/mol. The van der Waals surface area contributed by atoms with Crippen molar-refractivity contribution in [2.24, 2.45) is 0 Å². The van der Waals surface area contributed by atoms with Crippen LogP contribution in [0.2, 0.25) is 0 Å². The fourth-order valence-corrected chi connectivity index (χ4v) is 1.91. The van der Waals surface area contributed by atoms with E-state index in [4.69, 9.17) is 0 Å². The van der Waals surface area contributed by atoms with Crippen molar-refractivity contribution in [1.82, 2.24) is 5.32 Å². The average Bonchev–Trinajstić information content (AvgIpc) is 2.55. The third-order valence-corrected chi connectivity index (χ3v) is 3.00. The van der Waals surface area contributed by atoms with Crippen LogP contribution in [0.5, 0.6) is 0 Å². The predicted octanol–water partition coefficient (Wildman–Crippen LogP) is 3.13. The Balaban J connectivity index is 2.26. The first kappa shape index (κ1) is 16.4. The Morgan fingerprint density at radius 3 is 2.52 bits per heavy atom. The van der Waals surface area contributed by atoms with Gasteiger partial charge in [-0.25, -0.2) is 8.78 Å². The van der Waals surface area contributed by atoms with Crippen LogP contribution < -0.4 is 10.6 Å². The van der Waals surface area contributed by atoms with Crippen LogP contribution in [-0.4, -0.2) is 18.4 Å². The quantitative estimate of drug-likeness (QED) is 0.833. The van der Waals surface area contributed by atoms with E-state index in [0.717, 1.165) is 18.2 Å². The normalized spacial score (nSPS) is 10.0. The fourth-order valence-electron chi connectivity index (χ4n) is 1.91. The Kier molecular flexibility index (Phi) is 5.19. The van der Waals surface area contributed by atoms with Crippen molar-refractivity contribution in [3.05, 3.63) is 77.9 Å². The first-order chi connectivity index (χ1) is 11.0. The van der Waals surface area contributed by atoms with Gasteiger partial charge in [-0.3, -0.25) is 9.59 Å². The standard InChI is InChI=1S/C17H14F2N2O2/c1-2-9-20-16(22)12-5-3-4-6-15(12)21-17(23)13-10-11(18)7-8-14(13)19/h2-8,10H,1,9H2,(H,20,22)(H,21,23). The summed E-state index contributed by atoms with van der Waals surface area (Å²) in [6.07, 6.45) is 1.52. The van der Waals surface area contributed by atoms with Crippen LogP contribution in [0.1, 0.15) is 20.7 Å². The first-order valence-electron chi connectivity index (χ1n) is 6.77. The molecule has 0 fully saturated rings. The molecule has 0 aliphatic carbocycles. The molecule has 0 aliphatic heterocycles. The number of nitrogens with one attached hydrogen (secondary N) is 2. The largest absolute Gasteiger partial charge is 0.349 e. The molecule has 0 unspecified atom stereocenters. The maximum absolute atomic E-state index is 13.6. The van der Waals surface area contributed by atoms with Gasteiger partial charge in [0.25, 0.3) is 11.8 Å². The highest BCUT2D eigenvalue weighted by Crippen LogP contribution is 2.18. The molecule has 2 N–H and O–H groups in total. The second kappa shape index (κ2) is 7.31. The SMILES string of the molecule is C=CCNC(=O)c1ccccc1NC(=O)c1cc(F)ccc1F. The molecular weight excluding hydrogens is 302 g/mol. The van der Waals surface area contributed by atoms with Gasteiger partial charge in [0.1, 0.15) is 11.6 Å². The molecule has 0 radical (unpaired) electrons. The molecule has 6 heteroatoms. The summed E-state index contributed by atoms with van der Waals surface area (Å²) in [5.74, 6) is -2.84. The van der Waals surface area contributed by atoms with E-state index in [1.165, 1.54) is 18.2 Å². The Bertz CT molecular complexity index is 760. The van der Waals surface area contributed by atoms with Gasteiger partial charge in [-0.05, 0) is 30.3 Å². The summed E-state index contributed by atoms with van der Waals surface area (Å²) in [5.41, 5.74) is -0.0338. The van der Waals surface area contributed by atoms with Crippen molar-refractivity contribution in [2.75, 3.05) is 11.9 Å². The molecule has 0 atom stereocenters. The molecule has 4 nitrogen and oxygen atoms in total. The number of anilines is 1. The van der Waals surface area contributed by atoms with Crippen LogP contribution in [0.15, 0.2) is 55.1 Å². The minimum absolute atomic E-state index is 0.197. The lowest BCUT2D eigenvalue weighted by Gasteiger charge is -2.11. The second-order valence-electron chi connectivity index (χ2n) is 4.62. The van der Waals surface area contributed by atoms with E-state index in [0.29, 0.717) is 0 Å². The monoisotopic (exact) mass is 316 g/mol. The minimum atomic E-state index is -0.850. The van der Waals surface area contributed by atoms with Gasteiger partial charge in [0, 0.05) is 6.54 Å². The Morgan fingerprint density at radius 2 is 1.78 bits per heavy atom. The maximum Gasteiger partial charge on any atom is 0.258 e. The van der Waals surface area contributed by atoms with E-state index < -0.39 is 29.0 Å². The molecule has 0 saturated carbocycles. The smallest absolute Gasteiger partial charge is 0.258 e. The molecule has 0 aromatic heterocycles. The summed E-state index contributed by atoms with van der Waals surface area (Å²) >= 11 is 0. The Hall–Kier alpha value is -3.02. The first-order valence-corrected chi connectivity index (χ1v) is 6.77. The van der Waals surface area contributed by atoms with Gasteiger partial charge in [0.2, 0.25) is 0 Å². The van der Waals surface area contributed by atoms with E-state index in [9.17, 15) is 18.4 Å². The van der Waals surface area contributed by atoms with E-state index in [1.54, 1.807) is 12.1 Å². The summed E-state index contributed by atoms with van der Waals surface area (Å²) in [7, 11) is 0. The molecule has 2 aromatic rings. The fraction of sp³-hybridized carbons (Fsp3) is 0.0588. The highest BCUT2D eigenvalue weighted by molar-refractivity contribution is 6.09. The molecule has 0 heterocycles. The number of hydrogen-bond donors (Lipinski definition) is 2. The lowest BCUT2D eigenvalue weighted by molar-refractivity contribution is 0.0959. The van der Waals surface area contributed by atoms with Crippen molar-refractivity contribution >= 4 is 17.5 Å². The third-order valence-electron chi connectivity index (χ3n) is 3.00. The molecule has 118 valence electrons. The number of hydrogen-bond acceptors (Lipinski definition) is 2. The zero-order valence-corrected chi connectivity index (χ0v) is 12.1. The van der Waals surface area contributed by atoms with Crippen LogP contribution in [-0.2, 0) is 0 Å². The van der Waals surface area contributed by atoms with Crippen molar-refractivity contribution in [2.45, 2.75) is 0 Å². The van der Waals surface area contributed by atoms with Crippen molar-refractivity contribution in [1.29, 1.82) is 0 Å². The summed E-state index contributed by atoms with van der Waals surface area (Å²) < 4.78 is 26.8. The number of para-hydroxylation sites is 1. The second-order valence-corrected chi connectivity index (χ2v) is 4.62. The predicted molar refractivity (Wildman–Crippen MR) is 83.3 cm³/mol. The van der Waals surface area contributed by atoms with E-state index >= 15 is 0 Å². The molecule has 0 aliphatic rings. The highest BCUT2D eigenvalue weighted by atomic mass is 19.1. The topological polar surface area (TPSA) is 58.2 Å². The van der Waals surface area contributed by atoms with Crippen molar-refractivity contribution < 1.29 is 18.4 Å². The summed E-state index contributed by atoms with van der Waals surface area (Å²) in [6, 6.07) is 8.83. The molecule has 0 bridgehead atoms. The van der Waals surface area contributed by atoms with Gasteiger partial charge in [-0.15, -0.1) is 6.58 Å². The number of carbonyl (C=O) groups is 2. The minimum Gasteiger partial charge on any atom is -0.349 e. The molecule has 0 spiro atoms. The Labute approximate surface area is 131 Å². The van der Waals surface area contributed by atoms with Crippen LogP contribution >= 0.6 is 0 Å². The van der Waals surface area contributed by atoms with E-state index in [2.05, 4.69) is 17.2 Å². The lowest BCUT2D eigenvalue weighted by atomic mass is 10.1. The van der Waals surface area contributed by atoms with Gasteiger partial charge in [0.05, 0.1) is 16.8 Å². The van der Waals surface area contributed by atoms with Crippen LogP contribution in [0.4, 0.5) is 14.5 Å². The van der Waals surface area contributed by atoms with E-state index in [1.807, 2.05) is 0 Å². The highest BCUT2D eigenvalue weighted by Gasteiger charge is 2.16. The van der Waals surface area contributed by atoms with Gasteiger partial charge in [-0.1, -0.05) is 18.2 Å². The summed E-state index contributed by atoms with van der Waals surface area (Å²) in [4.78, 5) is 24.1. The molecule has 2 aromatic carbocycles. The van der Waals surface area contributed by atoms with E-state index in [-0.39, 0.29) is 17.8 Å². The van der Waals surface area contributed by atoms with Crippen LogP contribution in [0, 0.1) is 11.6 Å². The molecule has 2 rings (SSSR count). The van der Waals surface area contributed by atoms with Crippen molar-refractivity contribution in [3.63, 3.8) is 0 Å². The zero-order valence-electron chi connectivity index (χ0n) is 12.1. The number of rotatable bonds is 5. The van der Waals surface area contributed by atoms with Gasteiger partial charge >= 0.3 is 0 Å². The van der Waals surface area contributed by atoms with Crippen LogP contribution in [0.25, 0.3) is 0 Å². The summed E-state index contributed by atoms with van der Waals surface area (Å²) in [5, 5.41) is 5.00. The lowest BCUT2D eigenvalue weighted by Crippen LogP contribution is -2.25. The maximum atomic E-state index is 13.6. The molecule has 2 amide bonds. The Morgan fingerprint density at radius 1 is 1.04 bits per heavy atom. The summed E-state index contributed by atoms with van der Waals surface area (Å²) in [6.45, 7) is 3.76. The number of benzene rings is 2. The third kappa shape index (κ3) is 4.00. The van der Waals surface area contributed by atoms with Gasteiger partial charge < -0.3 is 10.6 Å². The molecular formula is C17H14F2N2O2. The van der Waals surface area contributed by atoms with Gasteiger partial charge in [0.15, 0.2) is 0 Å². The van der Waals surface area contributed by atoms with Crippen LogP contribution in [0.3, 0.4) is 0 Å². The number of halogens is 2. The molecule has 0 saturated heterocycles. The number of amides is 2. The van der Waals surface area contributed by atoms with Crippen molar-refractivity contribution in [3.8, 4) is 0 Å². The number of carbonyl (C=O) groups excluding carboxylic acids is 2. The zero-order chi connectivity index (χ0) is 16.8.